The minimum atomic E-state index is -2.15. The molecule has 12 heteroatoms. The van der Waals surface area contributed by atoms with E-state index in [0.29, 0.717) is 24.9 Å². The van der Waals surface area contributed by atoms with E-state index in [1.165, 1.54) is 12.1 Å². The SMILES string of the molecule is CC(=O)O[C@@H](C(=O)O)[C@@H](OC(C)=O)C(=O)OC1=CC[C@@]2(O)[C@H]3Cc4ccc(O)c5c4[C@@]2(CCN3C)[C@H]1O5. The number of piperidine rings is 1. The second kappa shape index (κ2) is 8.45. The van der Waals surface area contributed by atoms with Crippen molar-refractivity contribution in [3.63, 3.8) is 0 Å². The maximum Gasteiger partial charge on any atom is 0.357 e. The molecule has 5 rings (SSSR count). The Morgan fingerprint density at radius 3 is 2.46 bits per heavy atom. The van der Waals surface area contributed by atoms with Crippen molar-refractivity contribution in [2.75, 3.05) is 13.6 Å². The number of aliphatic hydroxyl groups is 1. The number of hydrogen-bond acceptors (Lipinski definition) is 11. The number of rotatable bonds is 6. The van der Waals surface area contributed by atoms with Crippen LogP contribution in [-0.4, -0.2) is 87.6 Å². The fraction of sp³-hybridized carbons (Fsp3) is 0.520. The number of benzene rings is 1. The average Bonchev–Trinajstić information content (AvgIpc) is 3.17. The molecule has 2 heterocycles. The van der Waals surface area contributed by atoms with Gasteiger partial charge in [-0.2, -0.15) is 0 Å². The lowest BCUT2D eigenvalue weighted by atomic mass is 9.50. The van der Waals surface area contributed by atoms with Crippen molar-refractivity contribution < 1.29 is 53.4 Å². The minimum absolute atomic E-state index is 0.0226. The summed E-state index contributed by atoms with van der Waals surface area (Å²) in [6, 6.07) is 3.05. The van der Waals surface area contributed by atoms with Crippen LogP contribution in [0, 0.1) is 0 Å². The standard InChI is InChI=1S/C25H27NO11/c1-11(27)34-19(22(30)31)20(35-12(2)28)23(32)36-15-6-7-25(33)16-10-13-4-5-14(29)18-17(13)24(25,21(15)37-18)8-9-26(16)3/h4-6,16,19-21,29,33H,7-10H2,1-3H3,(H,30,31)/t16-,19-,20-,21+,24+,25-/m1/s1. The molecule has 2 aliphatic carbocycles. The monoisotopic (exact) mass is 517 g/mol. The maximum atomic E-state index is 13.2. The van der Waals surface area contributed by atoms with Gasteiger partial charge in [0.1, 0.15) is 5.76 Å². The fourth-order valence-electron chi connectivity index (χ4n) is 6.44. The van der Waals surface area contributed by atoms with Crippen molar-refractivity contribution in [1.29, 1.82) is 0 Å². The Morgan fingerprint density at radius 1 is 1.14 bits per heavy atom. The number of carboxylic acid groups (broad SMARTS) is 1. The highest BCUT2D eigenvalue weighted by molar-refractivity contribution is 5.88. The van der Waals surface area contributed by atoms with Gasteiger partial charge in [0.2, 0.25) is 12.2 Å². The summed E-state index contributed by atoms with van der Waals surface area (Å²) in [6.45, 7) is 2.52. The number of carbonyl (C=O) groups is 4. The van der Waals surface area contributed by atoms with Crippen molar-refractivity contribution in [3.05, 3.63) is 35.1 Å². The van der Waals surface area contributed by atoms with Crippen LogP contribution in [0.15, 0.2) is 24.0 Å². The molecule has 2 bridgehead atoms. The molecule has 198 valence electrons. The van der Waals surface area contributed by atoms with Crippen molar-refractivity contribution in [2.24, 2.45) is 0 Å². The van der Waals surface area contributed by atoms with Gasteiger partial charge in [-0.1, -0.05) is 6.07 Å². The summed E-state index contributed by atoms with van der Waals surface area (Å²) in [5, 5.41) is 32.2. The highest BCUT2D eigenvalue weighted by Gasteiger charge is 2.72. The van der Waals surface area contributed by atoms with Gasteiger partial charge in [0.15, 0.2) is 17.6 Å². The number of aromatic hydroxyl groups is 1. The predicted molar refractivity (Wildman–Crippen MR) is 121 cm³/mol. The predicted octanol–water partition coefficient (Wildman–Crippen LogP) is 0.161. The topological polar surface area (TPSA) is 169 Å². The molecule has 1 spiro atoms. The van der Waals surface area contributed by atoms with E-state index in [-0.39, 0.29) is 29.7 Å². The quantitative estimate of drug-likeness (QED) is 0.346. The summed E-state index contributed by atoms with van der Waals surface area (Å²) in [7, 11) is 1.93. The molecule has 0 radical (unpaired) electrons. The summed E-state index contributed by atoms with van der Waals surface area (Å²) in [6.07, 6.45) is -2.72. The maximum absolute atomic E-state index is 13.2. The van der Waals surface area contributed by atoms with Gasteiger partial charge in [-0.15, -0.1) is 0 Å². The number of likely N-dealkylation sites (tertiary alicyclic amines) is 1. The molecular weight excluding hydrogens is 490 g/mol. The largest absolute Gasteiger partial charge is 0.504 e. The molecule has 0 amide bonds. The van der Waals surface area contributed by atoms with Crippen molar-refractivity contribution >= 4 is 23.9 Å². The van der Waals surface area contributed by atoms with Crippen LogP contribution in [0.1, 0.15) is 37.8 Å². The number of nitrogens with zero attached hydrogens (tertiary/aromatic N) is 1. The second-order valence-electron chi connectivity index (χ2n) is 9.92. The van der Waals surface area contributed by atoms with Gasteiger partial charge in [0.05, 0.1) is 11.0 Å². The molecule has 0 aromatic heterocycles. The number of carbonyl (C=O) groups excluding carboxylic acids is 3. The normalized spacial score (nSPS) is 30.6. The fourth-order valence-corrected chi connectivity index (χ4v) is 6.44. The molecule has 6 atom stereocenters. The molecule has 1 fully saturated rings. The van der Waals surface area contributed by atoms with E-state index in [1.54, 1.807) is 6.07 Å². The Kier molecular flexibility index (Phi) is 5.72. The summed E-state index contributed by atoms with van der Waals surface area (Å²) in [5.74, 6) is -4.94. The third-order valence-corrected chi connectivity index (χ3v) is 7.91. The zero-order chi connectivity index (χ0) is 26.9. The van der Waals surface area contributed by atoms with Crippen LogP contribution in [0.2, 0.25) is 0 Å². The molecule has 3 N–H and O–H groups in total. The van der Waals surface area contributed by atoms with E-state index in [1.807, 2.05) is 7.05 Å². The van der Waals surface area contributed by atoms with Crippen LogP contribution in [-0.2, 0) is 45.2 Å². The van der Waals surface area contributed by atoms with E-state index in [9.17, 15) is 34.5 Å². The van der Waals surface area contributed by atoms with Gasteiger partial charge in [-0.05, 0) is 44.1 Å². The zero-order valence-corrected chi connectivity index (χ0v) is 20.4. The minimum Gasteiger partial charge on any atom is -0.504 e. The van der Waals surface area contributed by atoms with Crippen molar-refractivity contribution in [1.82, 2.24) is 4.90 Å². The van der Waals surface area contributed by atoms with Crippen LogP contribution < -0.4 is 4.74 Å². The smallest absolute Gasteiger partial charge is 0.357 e. The molecule has 12 nitrogen and oxygen atoms in total. The lowest BCUT2D eigenvalue weighted by Gasteiger charge is -2.61. The van der Waals surface area contributed by atoms with Crippen LogP contribution in [0.25, 0.3) is 0 Å². The summed E-state index contributed by atoms with van der Waals surface area (Å²) >= 11 is 0. The first kappa shape index (κ1) is 25.0. The Morgan fingerprint density at radius 2 is 1.81 bits per heavy atom. The number of ether oxygens (including phenoxy) is 4. The number of phenols is 1. The molecule has 1 saturated heterocycles. The number of hydrogen-bond donors (Lipinski definition) is 3. The lowest BCUT2D eigenvalue weighted by Crippen LogP contribution is -2.74. The summed E-state index contributed by atoms with van der Waals surface area (Å²) in [5.41, 5.74) is -0.771. The van der Waals surface area contributed by atoms with Gasteiger partial charge in [-0.25, -0.2) is 9.59 Å². The Labute approximate surface area is 211 Å². The molecule has 2 aliphatic heterocycles. The first-order valence-corrected chi connectivity index (χ1v) is 11.8. The Balaban J connectivity index is 1.55. The summed E-state index contributed by atoms with van der Waals surface area (Å²) in [4.78, 5) is 50.1. The van der Waals surface area contributed by atoms with Gasteiger partial charge in [0.25, 0.3) is 0 Å². The third kappa shape index (κ3) is 3.50. The van der Waals surface area contributed by atoms with E-state index in [4.69, 9.17) is 18.9 Å². The third-order valence-electron chi connectivity index (χ3n) is 7.91. The van der Waals surface area contributed by atoms with Gasteiger partial charge < -0.3 is 39.2 Å². The van der Waals surface area contributed by atoms with Crippen LogP contribution in [0.4, 0.5) is 0 Å². The van der Waals surface area contributed by atoms with Crippen LogP contribution >= 0.6 is 0 Å². The first-order valence-electron chi connectivity index (χ1n) is 11.8. The number of aliphatic carboxylic acids is 1. The van der Waals surface area contributed by atoms with Crippen molar-refractivity contribution in [2.45, 2.75) is 68.5 Å². The molecular formula is C25H27NO11. The Hall–Kier alpha value is -3.64. The number of esters is 3. The van der Waals surface area contributed by atoms with Crippen LogP contribution in [0.3, 0.4) is 0 Å². The summed E-state index contributed by atoms with van der Waals surface area (Å²) < 4.78 is 21.4. The average molecular weight is 517 g/mol. The van der Waals surface area contributed by atoms with Crippen LogP contribution in [0.5, 0.6) is 11.5 Å². The molecule has 37 heavy (non-hydrogen) atoms. The first-order chi connectivity index (χ1) is 17.4. The Bertz CT molecular complexity index is 1240. The van der Waals surface area contributed by atoms with E-state index in [2.05, 4.69) is 4.90 Å². The molecule has 0 saturated carbocycles. The lowest BCUT2D eigenvalue weighted by molar-refractivity contribution is -0.190. The number of phenolic OH excluding ortho intramolecular Hbond substituents is 1. The second-order valence-corrected chi connectivity index (χ2v) is 9.92. The number of likely N-dealkylation sites (N-methyl/N-ethyl adjacent to an activating group) is 1. The highest BCUT2D eigenvalue weighted by atomic mass is 16.6. The van der Waals surface area contributed by atoms with Gasteiger partial charge in [-0.3, -0.25) is 9.59 Å². The van der Waals surface area contributed by atoms with Gasteiger partial charge in [0, 0.05) is 31.9 Å². The van der Waals surface area contributed by atoms with Crippen molar-refractivity contribution in [3.8, 4) is 11.5 Å². The molecule has 1 aromatic carbocycles. The van der Waals surface area contributed by atoms with Gasteiger partial charge >= 0.3 is 23.9 Å². The molecule has 0 unspecified atom stereocenters. The zero-order valence-electron chi connectivity index (χ0n) is 20.4. The van der Waals surface area contributed by atoms with E-state index < -0.39 is 53.2 Å². The number of carboxylic acids is 1. The van der Waals surface area contributed by atoms with E-state index >= 15 is 0 Å². The molecule has 1 aromatic rings. The molecule has 4 aliphatic rings. The highest BCUT2D eigenvalue weighted by Crippen LogP contribution is 2.65. The van der Waals surface area contributed by atoms with E-state index in [0.717, 1.165) is 19.4 Å².